The zero-order valence-corrected chi connectivity index (χ0v) is 8.34. The summed E-state index contributed by atoms with van der Waals surface area (Å²) in [6.45, 7) is 4.31. The lowest BCUT2D eigenvalue weighted by atomic mass is 10.4. The monoisotopic (exact) mass is 185 g/mol. The van der Waals surface area contributed by atoms with Gasteiger partial charge in [0.25, 0.3) is 0 Å². The number of aromatic nitrogens is 2. The van der Waals surface area contributed by atoms with Gasteiger partial charge < -0.3 is 10.3 Å². The highest BCUT2D eigenvalue weighted by atomic mass is 32.2. The molecule has 0 fully saturated rings. The lowest BCUT2D eigenvalue weighted by molar-refractivity contribution is 0.618. The molecule has 1 atom stereocenters. The largest absolute Gasteiger partial charge is 0.369 e. The molecule has 1 heterocycles. The van der Waals surface area contributed by atoms with Gasteiger partial charge >= 0.3 is 0 Å². The number of anilines is 1. The minimum atomic E-state index is 0.442. The highest BCUT2D eigenvalue weighted by molar-refractivity contribution is 7.99. The number of hydrogen-bond donors (Lipinski definition) is 1. The van der Waals surface area contributed by atoms with Crippen molar-refractivity contribution in [2.75, 3.05) is 17.2 Å². The third-order valence-electron chi connectivity index (χ3n) is 1.74. The molecule has 68 valence electrons. The summed E-state index contributed by atoms with van der Waals surface area (Å²) in [6.07, 6.45) is 3.67. The molecule has 1 aromatic heterocycles. The van der Waals surface area contributed by atoms with E-state index in [2.05, 4.69) is 18.8 Å². The van der Waals surface area contributed by atoms with Gasteiger partial charge in [0.2, 0.25) is 0 Å². The van der Waals surface area contributed by atoms with Crippen LogP contribution in [0.25, 0.3) is 0 Å². The third kappa shape index (κ3) is 2.17. The first-order valence-corrected chi connectivity index (χ1v) is 5.27. The highest BCUT2D eigenvalue weighted by Gasteiger charge is 2.06. The van der Waals surface area contributed by atoms with Crippen LogP contribution in [0.2, 0.25) is 0 Å². The van der Waals surface area contributed by atoms with Crippen LogP contribution in [0.5, 0.6) is 0 Å². The molecule has 1 rings (SSSR count). The molecular weight excluding hydrogens is 170 g/mol. The first kappa shape index (κ1) is 9.45. The first-order chi connectivity index (χ1) is 5.75. The molecule has 0 saturated heterocycles. The Balaban J connectivity index is 2.52. The molecule has 2 N–H and O–H groups in total. The second-order valence-electron chi connectivity index (χ2n) is 2.70. The van der Waals surface area contributed by atoms with Gasteiger partial charge in [0, 0.05) is 24.2 Å². The molecule has 0 radical (unpaired) electrons. The van der Waals surface area contributed by atoms with Crippen molar-refractivity contribution < 1.29 is 0 Å². The zero-order valence-electron chi connectivity index (χ0n) is 7.53. The van der Waals surface area contributed by atoms with Crippen molar-refractivity contribution in [3.63, 3.8) is 0 Å². The lowest BCUT2D eigenvalue weighted by Crippen LogP contribution is -2.10. The van der Waals surface area contributed by atoms with Crippen LogP contribution in [-0.4, -0.2) is 21.1 Å². The zero-order chi connectivity index (χ0) is 8.97. The van der Waals surface area contributed by atoms with Crippen LogP contribution in [0.4, 0.5) is 5.95 Å². The van der Waals surface area contributed by atoms with Crippen LogP contribution >= 0.6 is 11.8 Å². The highest BCUT2D eigenvalue weighted by Crippen LogP contribution is 2.15. The van der Waals surface area contributed by atoms with E-state index in [1.165, 1.54) is 0 Å². The molecule has 1 aromatic rings. The summed E-state index contributed by atoms with van der Waals surface area (Å²) in [5.41, 5.74) is 5.66. The molecule has 1 unspecified atom stereocenters. The molecule has 0 aliphatic carbocycles. The van der Waals surface area contributed by atoms with E-state index >= 15 is 0 Å². The minimum Gasteiger partial charge on any atom is -0.369 e. The van der Waals surface area contributed by atoms with E-state index in [4.69, 9.17) is 5.73 Å². The van der Waals surface area contributed by atoms with Gasteiger partial charge in [-0.1, -0.05) is 6.92 Å². The Kier molecular flexibility index (Phi) is 3.47. The predicted molar refractivity (Wildman–Crippen MR) is 54.3 cm³/mol. The van der Waals surface area contributed by atoms with E-state index in [0.717, 1.165) is 11.5 Å². The molecule has 0 aliphatic heterocycles. The molecule has 4 heteroatoms. The van der Waals surface area contributed by atoms with Crippen LogP contribution < -0.4 is 5.73 Å². The van der Waals surface area contributed by atoms with E-state index in [-0.39, 0.29) is 0 Å². The van der Waals surface area contributed by atoms with E-state index in [9.17, 15) is 0 Å². The maximum Gasteiger partial charge on any atom is 0.200 e. The van der Waals surface area contributed by atoms with E-state index in [1.54, 1.807) is 6.20 Å². The normalized spacial score (nSPS) is 13.2. The Hall–Kier alpha value is -0.640. The SMILES string of the molecule is CCSCC(C)n1ccnc1N. The van der Waals surface area contributed by atoms with Gasteiger partial charge in [-0.15, -0.1) is 0 Å². The molecule has 0 bridgehead atoms. The van der Waals surface area contributed by atoms with Gasteiger partial charge in [-0.2, -0.15) is 11.8 Å². The molecule has 3 nitrogen and oxygen atoms in total. The lowest BCUT2D eigenvalue weighted by Gasteiger charge is -2.13. The average molecular weight is 185 g/mol. The summed E-state index contributed by atoms with van der Waals surface area (Å²) in [4.78, 5) is 3.98. The number of nitrogen functional groups attached to an aromatic ring is 1. The van der Waals surface area contributed by atoms with Crippen molar-refractivity contribution in [1.82, 2.24) is 9.55 Å². The van der Waals surface area contributed by atoms with Crippen LogP contribution in [0.3, 0.4) is 0 Å². The van der Waals surface area contributed by atoms with Crippen LogP contribution in [-0.2, 0) is 0 Å². The van der Waals surface area contributed by atoms with Crippen molar-refractivity contribution >= 4 is 17.7 Å². The van der Waals surface area contributed by atoms with Gasteiger partial charge in [-0.25, -0.2) is 4.98 Å². The quantitative estimate of drug-likeness (QED) is 0.777. The first-order valence-electron chi connectivity index (χ1n) is 4.11. The number of imidazole rings is 1. The molecular formula is C8H15N3S. The Morgan fingerprint density at radius 3 is 3.00 bits per heavy atom. The Morgan fingerprint density at radius 1 is 1.75 bits per heavy atom. The number of hydrogen-bond acceptors (Lipinski definition) is 3. The number of nitrogens with two attached hydrogens (primary N) is 1. The van der Waals surface area contributed by atoms with Crippen molar-refractivity contribution in [1.29, 1.82) is 0 Å². The molecule has 0 spiro atoms. The number of rotatable bonds is 4. The Morgan fingerprint density at radius 2 is 2.50 bits per heavy atom. The van der Waals surface area contributed by atoms with Crippen molar-refractivity contribution in [2.24, 2.45) is 0 Å². The van der Waals surface area contributed by atoms with Gasteiger partial charge in [0.05, 0.1) is 0 Å². The van der Waals surface area contributed by atoms with E-state index in [0.29, 0.717) is 12.0 Å². The Labute approximate surface area is 77.4 Å². The Bertz CT molecular complexity index is 234. The second kappa shape index (κ2) is 4.40. The van der Waals surface area contributed by atoms with E-state index in [1.807, 2.05) is 22.5 Å². The maximum atomic E-state index is 5.66. The fourth-order valence-electron chi connectivity index (χ4n) is 1.07. The number of thioether (sulfide) groups is 1. The summed E-state index contributed by atoms with van der Waals surface area (Å²) in [5.74, 6) is 2.86. The minimum absolute atomic E-state index is 0.442. The molecule has 0 saturated carbocycles. The smallest absolute Gasteiger partial charge is 0.200 e. The topological polar surface area (TPSA) is 43.8 Å². The van der Waals surface area contributed by atoms with Crippen LogP contribution in [0, 0.1) is 0 Å². The molecule has 12 heavy (non-hydrogen) atoms. The van der Waals surface area contributed by atoms with Gasteiger partial charge in [-0.3, -0.25) is 0 Å². The van der Waals surface area contributed by atoms with Gasteiger partial charge in [0.1, 0.15) is 0 Å². The summed E-state index contributed by atoms with van der Waals surface area (Å²) >= 11 is 1.92. The van der Waals surface area contributed by atoms with Gasteiger partial charge in [-0.05, 0) is 12.7 Å². The summed E-state index contributed by atoms with van der Waals surface area (Å²) in [6, 6.07) is 0.442. The maximum absolute atomic E-state index is 5.66. The van der Waals surface area contributed by atoms with Gasteiger partial charge in [0.15, 0.2) is 5.95 Å². The standard InChI is InChI=1S/C8H15N3S/c1-3-12-6-7(2)11-5-4-10-8(11)9/h4-5,7H,3,6H2,1-2H3,(H2,9,10). The van der Waals surface area contributed by atoms with E-state index < -0.39 is 0 Å². The number of nitrogens with zero attached hydrogens (tertiary/aromatic N) is 2. The van der Waals surface area contributed by atoms with Crippen molar-refractivity contribution in [3.05, 3.63) is 12.4 Å². The summed E-state index contributed by atoms with van der Waals surface area (Å²) in [5, 5.41) is 0. The summed E-state index contributed by atoms with van der Waals surface area (Å²) in [7, 11) is 0. The molecule has 0 aromatic carbocycles. The summed E-state index contributed by atoms with van der Waals surface area (Å²) < 4.78 is 2.00. The van der Waals surface area contributed by atoms with Crippen LogP contribution in [0.1, 0.15) is 19.9 Å². The molecule has 0 aliphatic rings. The second-order valence-corrected chi connectivity index (χ2v) is 4.02. The molecule has 0 amide bonds. The predicted octanol–water partition coefficient (Wildman–Crippen LogP) is 1.78. The van der Waals surface area contributed by atoms with Crippen molar-refractivity contribution in [2.45, 2.75) is 19.9 Å². The fraction of sp³-hybridized carbons (Fsp3) is 0.625. The average Bonchev–Trinajstić information content (AvgIpc) is 2.47. The fourth-order valence-corrected chi connectivity index (χ4v) is 1.80. The third-order valence-corrected chi connectivity index (χ3v) is 2.86. The van der Waals surface area contributed by atoms with Crippen LogP contribution in [0.15, 0.2) is 12.4 Å². The van der Waals surface area contributed by atoms with Crippen molar-refractivity contribution in [3.8, 4) is 0 Å².